The van der Waals surface area contributed by atoms with Gasteiger partial charge in [0.1, 0.15) is 0 Å². The largest absolute Gasteiger partial charge is 0.361 e. The van der Waals surface area contributed by atoms with Gasteiger partial charge >= 0.3 is 0 Å². The number of hydrogen-bond donors (Lipinski definition) is 3. The zero-order valence-electron chi connectivity index (χ0n) is 7.41. The van der Waals surface area contributed by atoms with Gasteiger partial charge in [0, 0.05) is 0 Å². The molecule has 4 heteroatoms. The normalized spacial score (nSPS) is 13.6. The molecule has 0 fully saturated rings. The molecule has 0 unspecified atom stereocenters. The Balaban J connectivity index is 4.54. The molecular weight excluding hydrogens is 163 g/mol. The molecule has 0 aliphatic heterocycles. The van der Waals surface area contributed by atoms with Gasteiger partial charge in [0.15, 0.2) is 19.0 Å². The van der Waals surface area contributed by atoms with Crippen molar-refractivity contribution in [1.82, 2.24) is 0 Å². The fourth-order valence-electron chi connectivity index (χ4n) is 0.771. The maximum Gasteiger partial charge on any atom is 0.159 e. The molecule has 0 rings (SSSR count). The van der Waals surface area contributed by atoms with E-state index in [1.54, 1.807) is 0 Å². The number of aliphatic hydroxyl groups is 3. The summed E-state index contributed by atoms with van der Waals surface area (Å²) >= 11 is 0. The van der Waals surface area contributed by atoms with E-state index < -0.39 is 7.26 Å². The highest BCUT2D eigenvalue weighted by atomic mass is 31.2. The van der Waals surface area contributed by atoms with Gasteiger partial charge in [0.05, 0.1) is 12.4 Å². The molecule has 0 aliphatic rings. The highest BCUT2D eigenvalue weighted by Crippen LogP contribution is 2.66. The first-order valence-corrected chi connectivity index (χ1v) is 5.97. The molecule has 0 bridgehead atoms. The van der Waals surface area contributed by atoms with Crippen molar-refractivity contribution in [2.75, 3.05) is 19.0 Å². The van der Waals surface area contributed by atoms with Crippen molar-refractivity contribution in [1.29, 1.82) is 0 Å². The summed E-state index contributed by atoms with van der Waals surface area (Å²) in [5, 5.41) is 26.9. The molecule has 0 aromatic rings. The molecule has 0 aliphatic carbocycles. The van der Waals surface area contributed by atoms with Crippen LogP contribution in [0.2, 0.25) is 0 Å². The Labute approximate surface area is 68.4 Å². The van der Waals surface area contributed by atoms with Gasteiger partial charge in [-0.05, 0) is 20.8 Å². The van der Waals surface area contributed by atoms with Gasteiger partial charge in [-0.25, -0.2) is 0 Å². The Morgan fingerprint density at radius 3 is 1.18 bits per heavy atom. The minimum absolute atomic E-state index is 0.0799. The monoisotopic (exact) mass is 181 g/mol. The summed E-state index contributed by atoms with van der Waals surface area (Å²) in [5.41, 5.74) is 0. The standard InChI is InChI=1S/C7H18O3P/c1-7(2,3)11(4-8,5-9)6-10/h8-10H,4-6H2,1-3H3/q+1. The van der Waals surface area contributed by atoms with E-state index in [1.807, 2.05) is 20.8 Å². The van der Waals surface area contributed by atoms with E-state index in [0.717, 1.165) is 0 Å². The van der Waals surface area contributed by atoms with Crippen LogP contribution in [0.25, 0.3) is 0 Å². The quantitative estimate of drug-likeness (QED) is 0.560. The molecule has 0 saturated heterocycles. The van der Waals surface area contributed by atoms with Crippen molar-refractivity contribution in [3.63, 3.8) is 0 Å². The summed E-state index contributed by atoms with van der Waals surface area (Å²) in [4.78, 5) is 0. The van der Waals surface area contributed by atoms with E-state index in [1.165, 1.54) is 0 Å². The molecule has 0 radical (unpaired) electrons. The molecule has 0 atom stereocenters. The predicted octanol–water partition coefficient (Wildman–Crippen LogP) is 0.652. The topological polar surface area (TPSA) is 60.7 Å². The molecule has 0 aromatic heterocycles. The maximum absolute atomic E-state index is 9.04. The van der Waals surface area contributed by atoms with Crippen molar-refractivity contribution in [2.24, 2.45) is 0 Å². The fourth-order valence-corrected chi connectivity index (χ4v) is 2.31. The van der Waals surface area contributed by atoms with Crippen LogP contribution in [-0.2, 0) is 0 Å². The molecule has 0 aromatic carbocycles. The maximum atomic E-state index is 9.04. The molecule has 0 heterocycles. The van der Waals surface area contributed by atoms with Crippen LogP contribution in [0.1, 0.15) is 20.8 Å². The molecule has 0 amide bonds. The zero-order chi connectivity index (χ0) is 9.12. The average Bonchev–Trinajstić information content (AvgIpc) is 1.90. The predicted molar refractivity (Wildman–Crippen MR) is 47.9 cm³/mol. The van der Waals surface area contributed by atoms with Gasteiger partial charge in [-0.1, -0.05) is 0 Å². The summed E-state index contributed by atoms with van der Waals surface area (Å²) < 4.78 is 0. The lowest BCUT2D eigenvalue weighted by atomic mass is 10.3. The molecule has 0 spiro atoms. The molecule has 11 heavy (non-hydrogen) atoms. The van der Waals surface area contributed by atoms with Gasteiger partial charge in [0.25, 0.3) is 0 Å². The SMILES string of the molecule is CC(C)(C)[P+](CO)(CO)CO. The smallest absolute Gasteiger partial charge is 0.159 e. The average molecular weight is 181 g/mol. The van der Waals surface area contributed by atoms with Gasteiger partial charge in [0.2, 0.25) is 0 Å². The summed E-state index contributed by atoms with van der Waals surface area (Å²) in [6.07, 6.45) is -0.240. The van der Waals surface area contributed by atoms with Gasteiger partial charge < -0.3 is 15.3 Å². The number of aliphatic hydroxyl groups excluding tert-OH is 3. The Morgan fingerprint density at radius 2 is 1.18 bits per heavy atom. The first-order chi connectivity index (χ1) is 4.93. The third kappa shape index (κ3) is 2.12. The van der Waals surface area contributed by atoms with Crippen LogP contribution < -0.4 is 0 Å². The summed E-state index contributed by atoms with van der Waals surface area (Å²) in [6.45, 7) is 5.80. The zero-order valence-corrected chi connectivity index (χ0v) is 8.30. The van der Waals surface area contributed by atoms with Crippen LogP contribution in [0.15, 0.2) is 0 Å². The van der Waals surface area contributed by atoms with E-state index in [2.05, 4.69) is 0 Å². The second-order valence-electron chi connectivity index (χ2n) is 3.74. The highest BCUT2D eigenvalue weighted by Gasteiger charge is 2.48. The molecule has 0 saturated carbocycles. The third-order valence-electron chi connectivity index (χ3n) is 2.24. The minimum Gasteiger partial charge on any atom is -0.361 e. The van der Waals surface area contributed by atoms with E-state index >= 15 is 0 Å². The van der Waals surface area contributed by atoms with Crippen LogP contribution in [0.4, 0.5) is 0 Å². The van der Waals surface area contributed by atoms with Gasteiger partial charge in [-0.3, -0.25) is 0 Å². The van der Waals surface area contributed by atoms with E-state index in [0.29, 0.717) is 0 Å². The Kier molecular flexibility index (Phi) is 3.92. The molecule has 3 N–H and O–H groups in total. The second-order valence-corrected chi connectivity index (χ2v) is 8.22. The Hall–Kier alpha value is 0.310. The lowest BCUT2D eigenvalue weighted by Crippen LogP contribution is -2.27. The minimum atomic E-state index is -1.96. The van der Waals surface area contributed by atoms with Crippen molar-refractivity contribution < 1.29 is 15.3 Å². The lowest BCUT2D eigenvalue weighted by molar-refractivity contribution is 0.304. The van der Waals surface area contributed by atoms with Crippen LogP contribution in [0.3, 0.4) is 0 Å². The fraction of sp³-hybridized carbons (Fsp3) is 1.00. The van der Waals surface area contributed by atoms with E-state index in [9.17, 15) is 0 Å². The van der Waals surface area contributed by atoms with Crippen molar-refractivity contribution in [3.8, 4) is 0 Å². The first kappa shape index (κ1) is 11.3. The van der Waals surface area contributed by atoms with E-state index in [-0.39, 0.29) is 24.2 Å². The van der Waals surface area contributed by atoms with E-state index in [4.69, 9.17) is 15.3 Å². The van der Waals surface area contributed by atoms with Crippen LogP contribution in [0, 0.1) is 0 Å². The number of hydrogen-bond acceptors (Lipinski definition) is 3. The highest BCUT2D eigenvalue weighted by molar-refractivity contribution is 7.76. The van der Waals surface area contributed by atoms with Gasteiger partial charge in [-0.15, -0.1) is 0 Å². The lowest BCUT2D eigenvalue weighted by Gasteiger charge is -2.33. The molecule has 3 nitrogen and oxygen atoms in total. The van der Waals surface area contributed by atoms with Crippen LogP contribution >= 0.6 is 7.26 Å². The summed E-state index contributed by atoms with van der Waals surface area (Å²) in [7, 11) is -1.96. The van der Waals surface area contributed by atoms with Crippen molar-refractivity contribution in [3.05, 3.63) is 0 Å². The number of rotatable bonds is 3. The second kappa shape index (κ2) is 3.81. The summed E-state index contributed by atoms with van der Waals surface area (Å²) in [5.74, 6) is 0. The van der Waals surface area contributed by atoms with Gasteiger partial charge in [-0.2, -0.15) is 0 Å². The first-order valence-electron chi connectivity index (χ1n) is 3.62. The van der Waals surface area contributed by atoms with Crippen LogP contribution in [-0.4, -0.2) is 39.5 Å². The third-order valence-corrected chi connectivity index (χ3v) is 6.71. The Morgan fingerprint density at radius 1 is 0.909 bits per heavy atom. The molecule has 68 valence electrons. The summed E-state index contributed by atoms with van der Waals surface area (Å²) in [6, 6.07) is 0. The molecular formula is C7H18O3P+. The van der Waals surface area contributed by atoms with Crippen molar-refractivity contribution >= 4 is 7.26 Å². The van der Waals surface area contributed by atoms with Crippen molar-refractivity contribution in [2.45, 2.75) is 25.9 Å². The van der Waals surface area contributed by atoms with Crippen LogP contribution in [0.5, 0.6) is 0 Å². The Bertz CT molecular complexity index is 107.